The lowest BCUT2D eigenvalue weighted by atomic mass is 9.76. The summed E-state index contributed by atoms with van der Waals surface area (Å²) in [7, 11) is 0. The Kier molecular flexibility index (Phi) is 6.41. The lowest BCUT2D eigenvalue weighted by molar-refractivity contribution is -0.173. The topological polar surface area (TPSA) is 77.3 Å². The van der Waals surface area contributed by atoms with E-state index in [2.05, 4.69) is 4.85 Å². The molecule has 2 saturated heterocycles. The van der Waals surface area contributed by atoms with Crippen molar-refractivity contribution in [3.05, 3.63) is 83.2 Å². The lowest BCUT2D eigenvalue weighted by Gasteiger charge is -2.46. The molecule has 2 aliphatic heterocycles. The lowest BCUT2D eigenvalue weighted by Crippen LogP contribution is -2.75. The number of hydrogen-bond acceptors (Lipinski definition) is 6. The Bertz CT molecular complexity index is 1130. The standard InChI is InChI=1S/C26H26N2O5S/c1-17(21(29)32-15-18-11-7-5-8-12-18)26(27-4)23(31)28-20(25(2,3)34-24(26)28)22(30)33-16-19-13-9-6-10-14-19/h5-14,17,20,24H,15-16H2,1-3H3/t17?,20-,24+,26+/m0/s1. The van der Waals surface area contributed by atoms with Gasteiger partial charge < -0.3 is 9.47 Å². The molecule has 34 heavy (non-hydrogen) atoms. The fourth-order valence-electron chi connectivity index (χ4n) is 4.49. The van der Waals surface area contributed by atoms with E-state index in [1.165, 1.54) is 16.7 Å². The van der Waals surface area contributed by atoms with Gasteiger partial charge in [0, 0.05) is 4.75 Å². The maximum absolute atomic E-state index is 13.4. The van der Waals surface area contributed by atoms with E-state index in [1.54, 1.807) is 6.92 Å². The van der Waals surface area contributed by atoms with Gasteiger partial charge in [-0.1, -0.05) is 60.7 Å². The van der Waals surface area contributed by atoms with Crippen LogP contribution < -0.4 is 0 Å². The Morgan fingerprint density at radius 3 is 2.09 bits per heavy atom. The van der Waals surface area contributed by atoms with E-state index in [9.17, 15) is 14.4 Å². The molecule has 0 spiro atoms. The van der Waals surface area contributed by atoms with Crippen LogP contribution in [0, 0.1) is 12.5 Å². The first kappa shape index (κ1) is 23.8. The second kappa shape index (κ2) is 9.15. The minimum atomic E-state index is -1.61. The van der Waals surface area contributed by atoms with E-state index < -0.39 is 45.5 Å². The number of esters is 2. The van der Waals surface area contributed by atoms with Crippen LogP contribution in [0.5, 0.6) is 0 Å². The summed E-state index contributed by atoms with van der Waals surface area (Å²) in [6, 6.07) is 17.7. The van der Waals surface area contributed by atoms with Gasteiger partial charge in [-0.25, -0.2) is 11.4 Å². The average molecular weight is 479 g/mol. The van der Waals surface area contributed by atoms with Gasteiger partial charge >= 0.3 is 23.4 Å². The summed E-state index contributed by atoms with van der Waals surface area (Å²) in [5.74, 6) is -2.64. The number of fused-ring (bicyclic) bond motifs is 1. The molecule has 4 atom stereocenters. The number of rotatable bonds is 7. The molecule has 0 aromatic heterocycles. The van der Waals surface area contributed by atoms with E-state index in [4.69, 9.17) is 16.0 Å². The smallest absolute Gasteiger partial charge is 0.350 e. The van der Waals surface area contributed by atoms with Crippen LogP contribution in [0.2, 0.25) is 0 Å². The molecular weight excluding hydrogens is 452 g/mol. The molecule has 1 amide bonds. The quantitative estimate of drug-likeness (QED) is 0.342. The predicted molar refractivity (Wildman–Crippen MR) is 127 cm³/mol. The van der Waals surface area contributed by atoms with E-state index in [0.717, 1.165) is 11.1 Å². The van der Waals surface area contributed by atoms with Crippen molar-refractivity contribution in [3.8, 4) is 0 Å². The summed E-state index contributed by atoms with van der Waals surface area (Å²) in [5.41, 5.74) is 0.0552. The highest BCUT2D eigenvalue weighted by Gasteiger charge is 2.80. The fourth-order valence-corrected chi connectivity index (χ4v) is 6.27. The van der Waals surface area contributed by atoms with Gasteiger partial charge in [0.1, 0.15) is 25.2 Å². The van der Waals surface area contributed by atoms with E-state index in [-0.39, 0.29) is 13.2 Å². The third-order valence-corrected chi connectivity index (χ3v) is 8.07. The van der Waals surface area contributed by atoms with Gasteiger partial charge in [-0.05, 0) is 31.9 Å². The summed E-state index contributed by atoms with van der Waals surface area (Å²) in [4.78, 5) is 44.3. The molecule has 8 heteroatoms. The molecule has 1 unspecified atom stereocenters. The van der Waals surface area contributed by atoms with Gasteiger partial charge in [-0.3, -0.25) is 19.3 Å². The summed E-state index contributed by atoms with van der Waals surface area (Å²) < 4.78 is 10.3. The van der Waals surface area contributed by atoms with Gasteiger partial charge in [-0.2, -0.15) is 0 Å². The molecule has 2 aromatic rings. The summed E-state index contributed by atoms with van der Waals surface area (Å²) in [6.07, 6.45) is 0. The van der Waals surface area contributed by atoms with Crippen molar-refractivity contribution >= 4 is 29.6 Å². The Labute approximate surface area is 203 Å². The van der Waals surface area contributed by atoms with Gasteiger partial charge in [0.15, 0.2) is 5.37 Å². The van der Waals surface area contributed by atoms with Gasteiger partial charge in [0.2, 0.25) is 0 Å². The summed E-state index contributed by atoms with van der Waals surface area (Å²) in [5, 5.41) is -0.638. The first-order chi connectivity index (χ1) is 16.2. The van der Waals surface area contributed by atoms with E-state index in [0.29, 0.717) is 0 Å². The van der Waals surface area contributed by atoms with Crippen LogP contribution in [0.1, 0.15) is 31.9 Å². The minimum Gasteiger partial charge on any atom is -0.460 e. The molecule has 2 aliphatic rings. The van der Waals surface area contributed by atoms with E-state index in [1.807, 2.05) is 74.5 Å². The second-order valence-corrected chi connectivity index (χ2v) is 10.8. The second-order valence-electron chi connectivity index (χ2n) is 9.03. The molecule has 176 valence electrons. The number of hydrogen-bond donors (Lipinski definition) is 0. The molecule has 4 rings (SSSR count). The van der Waals surface area contributed by atoms with Crippen LogP contribution in [0.3, 0.4) is 0 Å². The van der Waals surface area contributed by atoms with Crippen molar-refractivity contribution in [2.45, 2.75) is 55.7 Å². The molecule has 2 fully saturated rings. The summed E-state index contributed by atoms with van der Waals surface area (Å²) >= 11 is 1.35. The molecule has 7 nitrogen and oxygen atoms in total. The number of β-lactam (4-membered cyclic amide) rings is 1. The SMILES string of the molecule is [C-]#[N+][C@]1(C(C)C(=O)OCc2ccccc2)C(=O)N2[C@@H](C(=O)OCc3ccccc3)C(C)(C)S[C@@H]21. The van der Waals surface area contributed by atoms with Gasteiger partial charge in [0.25, 0.3) is 0 Å². The Balaban J connectivity index is 1.48. The van der Waals surface area contributed by atoms with Crippen LogP contribution in [0.4, 0.5) is 0 Å². The monoisotopic (exact) mass is 478 g/mol. The van der Waals surface area contributed by atoms with Crippen LogP contribution in [-0.4, -0.2) is 44.4 Å². The number of carbonyl (C=O) groups is 3. The number of amides is 1. The van der Waals surface area contributed by atoms with Crippen molar-refractivity contribution < 1.29 is 23.9 Å². The third-order valence-electron chi connectivity index (χ3n) is 6.43. The Morgan fingerprint density at radius 1 is 1.03 bits per heavy atom. The predicted octanol–water partition coefficient (Wildman–Crippen LogP) is 3.83. The zero-order valence-corrected chi connectivity index (χ0v) is 20.1. The first-order valence-corrected chi connectivity index (χ1v) is 11.9. The normalized spacial score (nSPS) is 25.5. The number of ether oxygens (including phenoxy) is 2. The third kappa shape index (κ3) is 3.94. The highest BCUT2D eigenvalue weighted by molar-refractivity contribution is 8.01. The van der Waals surface area contributed by atoms with Crippen molar-refractivity contribution in [1.29, 1.82) is 0 Å². The Morgan fingerprint density at radius 2 is 1.56 bits per heavy atom. The maximum atomic E-state index is 13.4. The maximum Gasteiger partial charge on any atom is 0.350 e. The van der Waals surface area contributed by atoms with Crippen molar-refractivity contribution in [3.63, 3.8) is 0 Å². The molecule has 0 N–H and O–H groups in total. The zero-order valence-electron chi connectivity index (χ0n) is 19.3. The van der Waals surface area contributed by atoms with Crippen LogP contribution in [0.25, 0.3) is 4.85 Å². The fraction of sp³-hybridized carbons (Fsp3) is 0.385. The average Bonchev–Trinajstić information content (AvgIpc) is 3.11. The van der Waals surface area contributed by atoms with Crippen molar-refractivity contribution in [1.82, 2.24) is 4.90 Å². The first-order valence-electron chi connectivity index (χ1n) is 11.0. The largest absolute Gasteiger partial charge is 0.460 e. The van der Waals surface area contributed by atoms with Gasteiger partial charge in [-0.15, -0.1) is 11.8 Å². The molecule has 2 heterocycles. The number of nitrogens with zero attached hydrogens (tertiary/aromatic N) is 2. The number of carbonyl (C=O) groups excluding carboxylic acids is 3. The highest BCUT2D eigenvalue weighted by atomic mass is 32.2. The molecule has 0 radical (unpaired) electrons. The summed E-state index contributed by atoms with van der Waals surface area (Å²) in [6.45, 7) is 13.3. The van der Waals surface area contributed by atoms with Crippen molar-refractivity contribution in [2.75, 3.05) is 0 Å². The highest BCUT2D eigenvalue weighted by Crippen LogP contribution is 2.58. The number of benzene rings is 2. The zero-order chi connectivity index (χ0) is 24.5. The minimum absolute atomic E-state index is 0.0632. The van der Waals surface area contributed by atoms with Crippen LogP contribution >= 0.6 is 11.8 Å². The molecule has 0 saturated carbocycles. The number of thioether (sulfide) groups is 1. The molecule has 2 aromatic carbocycles. The molecular formula is C26H26N2O5S. The van der Waals surface area contributed by atoms with Gasteiger partial charge in [0.05, 0.1) is 0 Å². The Hall–Kier alpha value is -3.31. The van der Waals surface area contributed by atoms with Crippen molar-refractivity contribution in [2.24, 2.45) is 5.92 Å². The molecule has 0 bridgehead atoms. The molecule has 0 aliphatic carbocycles. The van der Waals surface area contributed by atoms with E-state index >= 15 is 0 Å². The van der Waals surface area contributed by atoms with Crippen LogP contribution in [-0.2, 0) is 37.1 Å². The van der Waals surface area contributed by atoms with Crippen LogP contribution in [0.15, 0.2) is 60.7 Å².